The molecule has 1 amide bonds. The Kier molecular flexibility index (Phi) is 5.84. The van der Waals surface area contributed by atoms with E-state index in [0.29, 0.717) is 27.0 Å². The first-order valence-electron chi connectivity index (χ1n) is 8.08. The van der Waals surface area contributed by atoms with E-state index in [4.69, 9.17) is 16.3 Å². The number of thioether (sulfide) groups is 1. The van der Waals surface area contributed by atoms with E-state index in [9.17, 15) is 10.1 Å². The number of halogens is 1. The lowest BCUT2D eigenvalue weighted by molar-refractivity contribution is -0.113. The smallest absolute Gasteiger partial charge is 0.234 e. The minimum atomic E-state index is -0.240. The summed E-state index contributed by atoms with van der Waals surface area (Å²) in [7, 11) is 1.52. The molecule has 0 aliphatic rings. The summed E-state index contributed by atoms with van der Waals surface area (Å²) in [4.78, 5) is 16.9. The maximum Gasteiger partial charge on any atom is 0.234 e. The summed E-state index contributed by atoms with van der Waals surface area (Å²) in [5.74, 6) is 0.389. The number of ether oxygens (including phenoxy) is 1. The van der Waals surface area contributed by atoms with E-state index in [0.717, 1.165) is 16.5 Å². The summed E-state index contributed by atoms with van der Waals surface area (Å²) in [6.45, 7) is 1.97. The van der Waals surface area contributed by atoms with Crippen molar-refractivity contribution in [1.82, 2.24) is 4.98 Å². The molecule has 0 saturated carbocycles. The summed E-state index contributed by atoms with van der Waals surface area (Å²) in [5, 5.41) is 14.1. The highest BCUT2D eigenvalue weighted by atomic mass is 35.5. The Bertz CT molecular complexity index is 1060. The third kappa shape index (κ3) is 4.33. The van der Waals surface area contributed by atoms with Crippen LogP contribution >= 0.6 is 23.4 Å². The van der Waals surface area contributed by atoms with Crippen molar-refractivity contribution in [3.05, 3.63) is 58.6 Å². The van der Waals surface area contributed by atoms with Gasteiger partial charge in [0.05, 0.1) is 29.6 Å². The van der Waals surface area contributed by atoms with Gasteiger partial charge >= 0.3 is 0 Å². The Morgan fingerprint density at radius 3 is 2.89 bits per heavy atom. The molecule has 2 aromatic carbocycles. The lowest BCUT2D eigenvalue weighted by atomic mass is 10.1. The van der Waals surface area contributed by atoms with Gasteiger partial charge in [0, 0.05) is 10.4 Å². The van der Waals surface area contributed by atoms with E-state index in [1.807, 2.05) is 25.1 Å². The minimum Gasteiger partial charge on any atom is -0.495 e. The largest absolute Gasteiger partial charge is 0.495 e. The predicted molar refractivity (Wildman–Crippen MR) is 109 cm³/mol. The van der Waals surface area contributed by atoms with Gasteiger partial charge in [0.1, 0.15) is 16.8 Å². The number of rotatable bonds is 5. The van der Waals surface area contributed by atoms with Crippen LogP contribution in [-0.2, 0) is 4.79 Å². The van der Waals surface area contributed by atoms with Gasteiger partial charge in [0.15, 0.2) is 0 Å². The zero-order chi connectivity index (χ0) is 19.4. The first-order chi connectivity index (χ1) is 13.0. The fourth-order valence-corrected chi connectivity index (χ4v) is 3.55. The third-order valence-corrected chi connectivity index (χ3v) is 5.13. The molecule has 0 aliphatic heterocycles. The molecule has 0 spiro atoms. The highest BCUT2D eigenvalue weighted by molar-refractivity contribution is 8.00. The number of fused-ring (bicyclic) bond motifs is 1. The minimum absolute atomic E-state index is 0.106. The number of carbonyl (C=O) groups is 1. The van der Waals surface area contributed by atoms with Crippen LogP contribution in [0.1, 0.15) is 11.1 Å². The second-order valence-electron chi connectivity index (χ2n) is 5.78. The molecule has 0 saturated heterocycles. The molecule has 136 valence electrons. The number of nitrogens with one attached hydrogen (secondary N) is 1. The second kappa shape index (κ2) is 8.30. The number of anilines is 1. The molecule has 0 aliphatic carbocycles. The van der Waals surface area contributed by atoms with E-state index in [2.05, 4.69) is 16.4 Å². The van der Waals surface area contributed by atoms with Gasteiger partial charge in [-0.15, -0.1) is 0 Å². The predicted octanol–water partition coefficient (Wildman–Crippen LogP) is 4.81. The molecule has 3 rings (SSSR count). The van der Waals surface area contributed by atoms with Crippen LogP contribution in [0.2, 0.25) is 5.02 Å². The van der Waals surface area contributed by atoms with Crippen molar-refractivity contribution in [2.24, 2.45) is 0 Å². The first kappa shape index (κ1) is 19.0. The number of nitriles is 1. The van der Waals surface area contributed by atoms with Gasteiger partial charge in [-0.3, -0.25) is 4.79 Å². The molecule has 0 unspecified atom stereocenters. The quantitative estimate of drug-likeness (QED) is 0.625. The maximum atomic E-state index is 12.4. The highest BCUT2D eigenvalue weighted by Crippen LogP contribution is 2.29. The van der Waals surface area contributed by atoms with Crippen molar-refractivity contribution in [1.29, 1.82) is 5.26 Å². The molecule has 3 aromatic rings. The van der Waals surface area contributed by atoms with Gasteiger partial charge in [0.2, 0.25) is 5.91 Å². The number of methoxy groups -OCH3 is 1. The van der Waals surface area contributed by atoms with Crippen molar-refractivity contribution in [3.8, 4) is 11.8 Å². The molecular weight excluding hydrogens is 382 g/mol. The summed E-state index contributed by atoms with van der Waals surface area (Å²) in [5.41, 5.74) is 2.80. The Morgan fingerprint density at radius 2 is 2.15 bits per heavy atom. The number of amides is 1. The molecule has 0 bridgehead atoms. The number of para-hydroxylation sites is 1. The van der Waals surface area contributed by atoms with Crippen LogP contribution in [0, 0.1) is 18.3 Å². The number of carbonyl (C=O) groups excluding carboxylic acids is 1. The van der Waals surface area contributed by atoms with Crippen molar-refractivity contribution in [3.63, 3.8) is 0 Å². The number of hydrogen-bond acceptors (Lipinski definition) is 5. The summed E-state index contributed by atoms with van der Waals surface area (Å²) < 4.78 is 5.23. The Balaban J connectivity index is 1.78. The van der Waals surface area contributed by atoms with E-state index in [1.165, 1.54) is 18.9 Å². The van der Waals surface area contributed by atoms with E-state index >= 15 is 0 Å². The zero-order valence-corrected chi connectivity index (χ0v) is 16.3. The molecule has 0 radical (unpaired) electrons. The second-order valence-corrected chi connectivity index (χ2v) is 7.18. The third-order valence-electron chi connectivity index (χ3n) is 3.91. The summed E-state index contributed by atoms with van der Waals surface area (Å²) in [6.07, 6.45) is 0. The zero-order valence-electron chi connectivity index (χ0n) is 14.7. The molecule has 0 fully saturated rings. The average molecular weight is 398 g/mol. The van der Waals surface area contributed by atoms with Gasteiger partial charge in [0.25, 0.3) is 0 Å². The molecule has 1 aromatic heterocycles. The Morgan fingerprint density at radius 1 is 1.33 bits per heavy atom. The summed E-state index contributed by atoms with van der Waals surface area (Å²) >= 11 is 7.20. The van der Waals surface area contributed by atoms with Gasteiger partial charge in [-0.05, 0) is 36.8 Å². The fourth-order valence-electron chi connectivity index (χ4n) is 2.62. The number of aromatic nitrogens is 1. The van der Waals surface area contributed by atoms with Crippen molar-refractivity contribution < 1.29 is 9.53 Å². The van der Waals surface area contributed by atoms with Crippen LogP contribution in [0.4, 0.5) is 5.69 Å². The van der Waals surface area contributed by atoms with E-state index in [-0.39, 0.29) is 11.7 Å². The van der Waals surface area contributed by atoms with Crippen molar-refractivity contribution in [2.75, 3.05) is 18.2 Å². The van der Waals surface area contributed by atoms with Crippen LogP contribution in [0.15, 0.2) is 47.5 Å². The van der Waals surface area contributed by atoms with Crippen LogP contribution in [0.5, 0.6) is 5.75 Å². The van der Waals surface area contributed by atoms with Gasteiger partial charge in [-0.25, -0.2) is 4.98 Å². The number of nitrogens with zero attached hydrogens (tertiary/aromatic N) is 2. The number of aryl methyl sites for hydroxylation is 1. The van der Waals surface area contributed by atoms with Crippen molar-refractivity contribution in [2.45, 2.75) is 11.9 Å². The molecule has 7 heteroatoms. The highest BCUT2D eigenvalue weighted by Gasteiger charge is 2.13. The Hall–Kier alpha value is -2.75. The van der Waals surface area contributed by atoms with Gasteiger partial charge in [-0.2, -0.15) is 5.26 Å². The molecule has 1 N–H and O–H groups in total. The molecule has 5 nitrogen and oxygen atoms in total. The molecule has 0 atom stereocenters. The van der Waals surface area contributed by atoms with Gasteiger partial charge in [-0.1, -0.05) is 41.6 Å². The topological polar surface area (TPSA) is 75.0 Å². The van der Waals surface area contributed by atoms with E-state index < -0.39 is 0 Å². The van der Waals surface area contributed by atoms with E-state index in [1.54, 1.807) is 24.3 Å². The fraction of sp³-hybridized carbons (Fsp3) is 0.150. The van der Waals surface area contributed by atoms with Gasteiger partial charge < -0.3 is 10.1 Å². The van der Waals surface area contributed by atoms with Crippen LogP contribution in [-0.4, -0.2) is 23.8 Å². The molecule has 27 heavy (non-hydrogen) atoms. The number of hydrogen-bond donors (Lipinski definition) is 1. The van der Waals surface area contributed by atoms with Crippen LogP contribution in [0.25, 0.3) is 10.9 Å². The molecule has 1 heterocycles. The first-order valence-corrected chi connectivity index (χ1v) is 9.45. The number of benzene rings is 2. The standard InChI is InChI=1S/C20H16ClN3O2S/c1-12-4-3-5-13-8-14(10-22)20(24-19(12)13)27-11-18(25)23-16-9-15(21)6-7-17(16)26-2/h3-9H,11H2,1-2H3,(H,23,25). The number of pyridine rings is 1. The average Bonchev–Trinajstić information content (AvgIpc) is 2.66. The van der Waals surface area contributed by atoms with Crippen LogP contribution in [0.3, 0.4) is 0 Å². The normalized spacial score (nSPS) is 10.4. The monoisotopic (exact) mass is 397 g/mol. The maximum absolute atomic E-state index is 12.4. The molecular formula is C20H16ClN3O2S. The lowest BCUT2D eigenvalue weighted by Gasteiger charge is -2.11. The summed E-state index contributed by atoms with van der Waals surface area (Å²) in [6, 6.07) is 14.8. The van der Waals surface area contributed by atoms with Crippen LogP contribution < -0.4 is 10.1 Å². The SMILES string of the molecule is COc1ccc(Cl)cc1NC(=O)CSc1nc2c(C)cccc2cc1C#N. The Labute approximate surface area is 166 Å². The van der Waals surface area contributed by atoms with Crippen molar-refractivity contribution >= 4 is 45.9 Å². The lowest BCUT2D eigenvalue weighted by Crippen LogP contribution is -2.15.